The molecule has 1 aromatic heterocycles. The molecule has 3 rings (SSSR count). The van der Waals surface area contributed by atoms with Crippen molar-refractivity contribution in [2.45, 2.75) is 40.2 Å². The lowest BCUT2D eigenvalue weighted by molar-refractivity contribution is 0.0931. The second-order valence-electron chi connectivity index (χ2n) is 6.91. The number of rotatable bonds is 5. The van der Waals surface area contributed by atoms with Crippen LogP contribution in [-0.2, 0) is 0 Å². The highest BCUT2D eigenvalue weighted by Gasteiger charge is 2.19. The van der Waals surface area contributed by atoms with E-state index in [1.807, 2.05) is 39.8 Å². The SMILES string of the molecule is CCC(C)NC(=O)c1cc(-c2ccc(F)cc2)nn1-c1ccc(C)cc1C. The highest BCUT2D eigenvalue weighted by molar-refractivity contribution is 5.94. The highest BCUT2D eigenvalue weighted by atomic mass is 19.1. The van der Waals surface area contributed by atoms with Crippen molar-refractivity contribution < 1.29 is 9.18 Å². The van der Waals surface area contributed by atoms with Crippen LogP contribution in [0.25, 0.3) is 16.9 Å². The standard InChI is InChI=1S/C22H24FN3O/c1-5-16(4)24-22(27)21-13-19(17-7-9-18(23)10-8-17)25-26(21)20-11-6-14(2)12-15(20)3/h6-13,16H,5H2,1-4H3,(H,24,27). The molecular weight excluding hydrogens is 341 g/mol. The summed E-state index contributed by atoms with van der Waals surface area (Å²) in [4.78, 5) is 12.9. The molecule has 0 saturated heterocycles. The normalized spacial score (nSPS) is 12.0. The topological polar surface area (TPSA) is 46.9 Å². The van der Waals surface area contributed by atoms with Gasteiger partial charge in [-0.1, -0.05) is 24.6 Å². The van der Waals surface area contributed by atoms with Crippen LogP contribution in [0.2, 0.25) is 0 Å². The maximum absolute atomic E-state index is 13.3. The zero-order chi connectivity index (χ0) is 19.6. The largest absolute Gasteiger partial charge is 0.348 e. The fraction of sp³-hybridized carbons (Fsp3) is 0.273. The predicted octanol–water partition coefficient (Wildman–Crippen LogP) is 4.82. The number of aromatic nitrogens is 2. The summed E-state index contributed by atoms with van der Waals surface area (Å²) in [5, 5.41) is 7.66. The van der Waals surface area contributed by atoms with Gasteiger partial charge in [0.05, 0.1) is 11.4 Å². The molecule has 2 aromatic carbocycles. The zero-order valence-corrected chi connectivity index (χ0v) is 16.1. The third kappa shape index (κ3) is 4.08. The van der Waals surface area contributed by atoms with Crippen molar-refractivity contribution in [1.82, 2.24) is 15.1 Å². The Hall–Kier alpha value is -2.95. The van der Waals surface area contributed by atoms with Crippen LogP contribution in [0.1, 0.15) is 41.9 Å². The Morgan fingerprint density at radius 3 is 2.48 bits per heavy atom. The number of carbonyl (C=O) groups is 1. The second-order valence-corrected chi connectivity index (χ2v) is 6.91. The van der Waals surface area contributed by atoms with Gasteiger partial charge in [0.2, 0.25) is 0 Å². The number of benzene rings is 2. The van der Waals surface area contributed by atoms with Gasteiger partial charge < -0.3 is 5.32 Å². The van der Waals surface area contributed by atoms with Crippen molar-refractivity contribution in [2.24, 2.45) is 0 Å². The number of hydrogen-bond donors (Lipinski definition) is 1. The third-order valence-electron chi connectivity index (χ3n) is 4.65. The first kappa shape index (κ1) is 18.8. The number of halogens is 1. The molecule has 27 heavy (non-hydrogen) atoms. The van der Waals surface area contributed by atoms with Crippen molar-refractivity contribution in [1.29, 1.82) is 0 Å². The summed E-state index contributed by atoms with van der Waals surface area (Å²) in [6, 6.07) is 14.0. The van der Waals surface area contributed by atoms with Crippen LogP contribution in [0.15, 0.2) is 48.5 Å². The molecule has 0 bridgehead atoms. The Labute approximate surface area is 159 Å². The number of nitrogens with zero attached hydrogens (tertiary/aromatic N) is 2. The molecule has 0 spiro atoms. The van der Waals surface area contributed by atoms with E-state index in [9.17, 15) is 9.18 Å². The molecule has 0 aliphatic rings. The first-order valence-corrected chi connectivity index (χ1v) is 9.13. The molecule has 1 atom stereocenters. The van der Waals surface area contributed by atoms with Crippen LogP contribution in [0.5, 0.6) is 0 Å². The molecule has 0 aliphatic carbocycles. The van der Waals surface area contributed by atoms with Crippen LogP contribution in [0.3, 0.4) is 0 Å². The Morgan fingerprint density at radius 1 is 1.15 bits per heavy atom. The summed E-state index contributed by atoms with van der Waals surface area (Å²) >= 11 is 0. The molecule has 1 heterocycles. The Bertz CT molecular complexity index is 960. The monoisotopic (exact) mass is 365 g/mol. The number of amides is 1. The smallest absolute Gasteiger partial charge is 0.270 e. The molecule has 4 nitrogen and oxygen atoms in total. The summed E-state index contributed by atoms with van der Waals surface area (Å²) in [6.07, 6.45) is 0.842. The third-order valence-corrected chi connectivity index (χ3v) is 4.65. The average molecular weight is 365 g/mol. The van der Waals surface area contributed by atoms with E-state index in [4.69, 9.17) is 0 Å². The highest BCUT2D eigenvalue weighted by Crippen LogP contribution is 2.24. The van der Waals surface area contributed by atoms with Gasteiger partial charge in [-0.05, 0) is 69.2 Å². The maximum Gasteiger partial charge on any atom is 0.270 e. The van der Waals surface area contributed by atoms with Crippen LogP contribution >= 0.6 is 0 Å². The van der Waals surface area contributed by atoms with Gasteiger partial charge in [-0.3, -0.25) is 4.79 Å². The minimum absolute atomic E-state index is 0.0641. The minimum Gasteiger partial charge on any atom is -0.348 e. The quantitative estimate of drug-likeness (QED) is 0.704. The zero-order valence-electron chi connectivity index (χ0n) is 16.1. The van der Waals surface area contributed by atoms with Gasteiger partial charge in [-0.15, -0.1) is 0 Å². The van der Waals surface area contributed by atoms with Crippen molar-refractivity contribution in [3.05, 3.63) is 71.2 Å². The van der Waals surface area contributed by atoms with Crippen LogP contribution in [0, 0.1) is 19.7 Å². The number of nitrogens with one attached hydrogen (secondary N) is 1. The summed E-state index contributed by atoms with van der Waals surface area (Å²) in [5.74, 6) is -0.479. The maximum atomic E-state index is 13.3. The summed E-state index contributed by atoms with van der Waals surface area (Å²) in [6.45, 7) is 8.02. The molecular formula is C22H24FN3O. The van der Waals surface area contributed by atoms with Gasteiger partial charge in [-0.25, -0.2) is 9.07 Å². The molecule has 1 amide bonds. The van der Waals surface area contributed by atoms with Crippen LogP contribution < -0.4 is 5.32 Å². The van der Waals surface area contributed by atoms with Crippen molar-refractivity contribution in [2.75, 3.05) is 0 Å². The molecule has 0 saturated carbocycles. The van der Waals surface area contributed by atoms with E-state index in [1.165, 1.54) is 12.1 Å². The van der Waals surface area contributed by atoms with Gasteiger partial charge in [0.25, 0.3) is 5.91 Å². The van der Waals surface area contributed by atoms with Gasteiger partial charge in [0.15, 0.2) is 0 Å². The molecule has 0 fully saturated rings. The molecule has 5 heteroatoms. The fourth-order valence-corrected chi connectivity index (χ4v) is 2.93. The van der Waals surface area contributed by atoms with E-state index in [0.29, 0.717) is 11.4 Å². The summed E-state index contributed by atoms with van der Waals surface area (Å²) in [5.41, 5.74) is 4.88. The number of hydrogen-bond acceptors (Lipinski definition) is 2. The minimum atomic E-state index is -0.303. The number of aryl methyl sites for hydroxylation is 2. The average Bonchev–Trinajstić information content (AvgIpc) is 3.07. The Balaban J connectivity index is 2.11. The molecule has 140 valence electrons. The van der Waals surface area contributed by atoms with E-state index in [2.05, 4.69) is 16.5 Å². The Kier molecular flexibility index (Phi) is 5.40. The van der Waals surface area contributed by atoms with Gasteiger partial charge in [-0.2, -0.15) is 5.10 Å². The van der Waals surface area contributed by atoms with E-state index in [-0.39, 0.29) is 17.8 Å². The number of carbonyl (C=O) groups excluding carboxylic acids is 1. The van der Waals surface area contributed by atoms with E-state index < -0.39 is 0 Å². The van der Waals surface area contributed by atoms with Gasteiger partial charge >= 0.3 is 0 Å². The first-order chi connectivity index (χ1) is 12.9. The van der Waals surface area contributed by atoms with Gasteiger partial charge in [0, 0.05) is 11.6 Å². The Morgan fingerprint density at radius 2 is 1.85 bits per heavy atom. The van der Waals surface area contributed by atoms with Gasteiger partial charge in [0.1, 0.15) is 11.5 Å². The van der Waals surface area contributed by atoms with Crippen molar-refractivity contribution >= 4 is 5.91 Å². The molecule has 1 unspecified atom stereocenters. The summed E-state index contributed by atoms with van der Waals surface area (Å²) in [7, 11) is 0. The lowest BCUT2D eigenvalue weighted by Crippen LogP contribution is -2.33. The molecule has 3 aromatic rings. The molecule has 0 aliphatic heterocycles. The predicted molar refractivity (Wildman–Crippen MR) is 106 cm³/mol. The van der Waals surface area contributed by atoms with Crippen LogP contribution in [0.4, 0.5) is 4.39 Å². The molecule has 0 radical (unpaired) electrons. The lowest BCUT2D eigenvalue weighted by Gasteiger charge is -2.14. The second kappa shape index (κ2) is 7.74. The van der Waals surface area contributed by atoms with E-state index >= 15 is 0 Å². The molecule has 1 N–H and O–H groups in total. The van der Waals surface area contributed by atoms with Crippen LogP contribution in [-0.4, -0.2) is 21.7 Å². The van der Waals surface area contributed by atoms with E-state index in [1.54, 1.807) is 22.9 Å². The first-order valence-electron chi connectivity index (χ1n) is 9.13. The van der Waals surface area contributed by atoms with E-state index in [0.717, 1.165) is 28.8 Å². The van der Waals surface area contributed by atoms with Crippen molar-refractivity contribution in [3.8, 4) is 16.9 Å². The fourth-order valence-electron chi connectivity index (χ4n) is 2.93. The lowest BCUT2D eigenvalue weighted by atomic mass is 10.1. The van der Waals surface area contributed by atoms with Crippen molar-refractivity contribution in [3.63, 3.8) is 0 Å². The summed E-state index contributed by atoms with van der Waals surface area (Å²) < 4.78 is 14.9.